The van der Waals surface area contributed by atoms with Crippen LogP contribution in [0.2, 0.25) is 0 Å². The first-order valence-electron chi connectivity index (χ1n) is 9.99. The lowest BCUT2D eigenvalue weighted by molar-refractivity contribution is -0.151. The minimum Gasteiger partial charge on any atom is -0.341 e. The molecule has 27 heavy (non-hydrogen) atoms. The molecule has 0 aromatic carbocycles. The van der Waals surface area contributed by atoms with Crippen molar-refractivity contribution in [3.8, 4) is 0 Å². The molecule has 1 aromatic rings. The standard InChI is InChI=1S/C20H26N4O3/c1-13(24-19(26)15-4-2-3-5-16(15)20(24)27)18(25)23-10-7-14(8-11-23)17-6-9-21-12-22-17/h6,9,12-16H,2-5,7-8,10-11H2,1H3. The Hall–Kier alpha value is -2.31. The first kappa shape index (κ1) is 18.1. The maximum Gasteiger partial charge on any atom is 0.245 e. The molecule has 0 radical (unpaired) electrons. The summed E-state index contributed by atoms with van der Waals surface area (Å²) in [7, 11) is 0. The van der Waals surface area contributed by atoms with E-state index in [2.05, 4.69) is 9.97 Å². The Kier molecular flexibility index (Phi) is 4.93. The first-order valence-corrected chi connectivity index (χ1v) is 9.99. The van der Waals surface area contributed by atoms with E-state index in [1.165, 1.54) is 4.90 Å². The van der Waals surface area contributed by atoms with Crippen molar-refractivity contribution < 1.29 is 14.4 Å². The predicted molar refractivity (Wildman–Crippen MR) is 97.4 cm³/mol. The Morgan fingerprint density at radius 2 is 1.70 bits per heavy atom. The largest absolute Gasteiger partial charge is 0.341 e. The summed E-state index contributed by atoms with van der Waals surface area (Å²) >= 11 is 0. The average molecular weight is 370 g/mol. The molecule has 2 aliphatic heterocycles. The summed E-state index contributed by atoms with van der Waals surface area (Å²) in [6.07, 6.45) is 8.50. The van der Waals surface area contributed by atoms with Crippen LogP contribution in [0.3, 0.4) is 0 Å². The van der Waals surface area contributed by atoms with E-state index in [0.717, 1.165) is 44.2 Å². The van der Waals surface area contributed by atoms with E-state index in [4.69, 9.17) is 0 Å². The molecule has 3 aliphatic rings. The van der Waals surface area contributed by atoms with Crippen molar-refractivity contribution in [1.82, 2.24) is 19.8 Å². The van der Waals surface area contributed by atoms with Crippen LogP contribution in [0.25, 0.3) is 0 Å². The van der Waals surface area contributed by atoms with E-state index in [0.29, 0.717) is 19.0 Å². The number of rotatable bonds is 3. The van der Waals surface area contributed by atoms with Crippen LogP contribution >= 0.6 is 0 Å². The van der Waals surface area contributed by atoms with Crippen molar-refractivity contribution in [1.29, 1.82) is 0 Å². The number of imide groups is 1. The number of nitrogens with zero attached hydrogens (tertiary/aromatic N) is 4. The van der Waals surface area contributed by atoms with E-state index in [9.17, 15) is 14.4 Å². The van der Waals surface area contributed by atoms with Gasteiger partial charge in [0.25, 0.3) is 0 Å². The number of aromatic nitrogens is 2. The van der Waals surface area contributed by atoms with Crippen LogP contribution in [0, 0.1) is 11.8 Å². The number of amides is 3. The van der Waals surface area contributed by atoms with Gasteiger partial charge in [0.15, 0.2) is 0 Å². The summed E-state index contributed by atoms with van der Waals surface area (Å²) in [6, 6.07) is 1.22. The zero-order valence-electron chi connectivity index (χ0n) is 15.7. The van der Waals surface area contributed by atoms with Crippen molar-refractivity contribution in [2.24, 2.45) is 11.8 Å². The number of piperidine rings is 1. The van der Waals surface area contributed by atoms with Gasteiger partial charge in [-0.25, -0.2) is 9.97 Å². The van der Waals surface area contributed by atoms with Gasteiger partial charge in [-0.15, -0.1) is 0 Å². The molecule has 1 aliphatic carbocycles. The Bertz CT molecular complexity index is 706. The fourth-order valence-corrected chi connectivity index (χ4v) is 4.88. The molecule has 0 spiro atoms. The number of carbonyl (C=O) groups is 3. The lowest BCUT2D eigenvalue weighted by Crippen LogP contribution is -2.51. The highest BCUT2D eigenvalue weighted by Gasteiger charge is 2.51. The second-order valence-corrected chi connectivity index (χ2v) is 7.95. The van der Waals surface area contributed by atoms with Crippen LogP contribution in [0.5, 0.6) is 0 Å². The van der Waals surface area contributed by atoms with Gasteiger partial charge in [-0.05, 0) is 38.7 Å². The van der Waals surface area contributed by atoms with Gasteiger partial charge in [-0.1, -0.05) is 12.8 Å². The average Bonchev–Trinajstić information content (AvgIpc) is 2.98. The van der Waals surface area contributed by atoms with Crippen molar-refractivity contribution in [3.63, 3.8) is 0 Å². The minimum atomic E-state index is -0.703. The molecule has 3 amide bonds. The Morgan fingerprint density at radius 1 is 1.07 bits per heavy atom. The fraction of sp³-hybridized carbons (Fsp3) is 0.650. The summed E-state index contributed by atoms with van der Waals surface area (Å²) < 4.78 is 0. The van der Waals surface area contributed by atoms with Crippen molar-refractivity contribution in [2.75, 3.05) is 13.1 Å². The third-order valence-electron chi connectivity index (χ3n) is 6.45. The van der Waals surface area contributed by atoms with E-state index < -0.39 is 6.04 Å². The molecular weight excluding hydrogens is 344 g/mol. The molecule has 7 nitrogen and oxygen atoms in total. The van der Waals surface area contributed by atoms with Gasteiger partial charge < -0.3 is 4.90 Å². The third kappa shape index (κ3) is 3.24. The molecule has 3 atom stereocenters. The first-order chi connectivity index (χ1) is 13.1. The van der Waals surface area contributed by atoms with Crippen LogP contribution in [-0.4, -0.2) is 56.6 Å². The van der Waals surface area contributed by atoms with E-state index in [-0.39, 0.29) is 29.6 Å². The molecule has 3 heterocycles. The highest BCUT2D eigenvalue weighted by atomic mass is 16.2. The maximum atomic E-state index is 13.0. The zero-order valence-corrected chi connectivity index (χ0v) is 15.7. The monoisotopic (exact) mass is 370 g/mol. The zero-order chi connectivity index (χ0) is 19.0. The predicted octanol–water partition coefficient (Wildman–Crippen LogP) is 1.75. The maximum absolute atomic E-state index is 13.0. The Balaban J connectivity index is 1.40. The topological polar surface area (TPSA) is 83.5 Å². The molecule has 2 saturated heterocycles. The lowest BCUT2D eigenvalue weighted by atomic mass is 9.81. The summed E-state index contributed by atoms with van der Waals surface area (Å²) in [4.78, 5) is 49.8. The van der Waals surface area contributed by atoms with Crippen LogP contribution < -0.4 is 0 Å². The van der Waals surface area contributed by atoms with Gasteiger partial charge >= 0.3 is 0 Å². The fourth-order valence-electron chi connectivity index (χ4n) is 4.88. The molecule has 3 unspecified atom stereocenters. The highest BCUT2D eigenvalue weighted by Crippen LogP contribution is 2.39. The highest BCUT2D eigenvalue weighted by molar-refractivity contribution is 6.08. The minimum absolute atomic E-state index is 0.114. The van der Waals surface area contributed by atoms with Gasteiger partial charge in [0.2, 0.25) is 17.7 Å². The number of fused-ring (bicyclic) bond motifs is 1. The van der Waals surface area contributed by atoms with Crippen molar-refractivity contribution in [2.45, 2.75) is 57.4 Å². The van der Waals surface area contributed by atoms with Crippen molar-refractivity contribution >= 4 is 17.7 Å². The van der Waals surface area contributed by atoms with Gasteiger partial charge in [-0.3, -0.25) is 19.3 Å². The molecule has 3 fully saturated rings. The van der Waals surface area contributed by atoms with E-state index in [1.54, 1.807) is 24.3 Å². The molecule has 4 rings (SSSR count). The molecular formula is C20H26N4O3. The van der Waals surface area contributed by atoms with Crippen LogP contribution in [0.15, 0.2) is 18.6 Å². The number of likely N-dealkylation sites (tertiary alicyclic amines) is 2. The number of hydrogen-bond donors (Lipinski definition) is 0. The van der Waals surface area contributed by atoms with Gasteiger partial charge in [-0.2, -0.15) is 0 Å². The van der Waals surface area contributed by atoms with Gasteiger partial charge in [0, 0.05) is 30.9 Å². The molecule has 0 N–H and O–H groups in total. The second kappa shape index (κ2) is 7.37. The quantitative estimate of drug-likeness (QED) is 0.757. The van der Waals surface area contributed by atoms with Crippen molar-refractivity contribution in [3.05, 3.63) is 24.3 Å². The molecule has 1 aromatic heterocycles. The SMILES string of the molecule is CC(C(=O)N1CCC(c2ccncn2)CC1)N1C(=O)C2CCCCC2C1=O. The van der Waals surface area contributed by atoms with Crippen LogP contribution in [-0.2, 0) is 14.4 Å². The van der Waals surface area contributed by atoms with Crippen LogP contribution in [0.4, 0.5) is 0 Å². The van der Waals surface area contributed by atoms with E-state index >= 15 is 0 Å². The number of hydrogen-bond acceptors (Lipinski definition) is 5. The third-order valence-corrected chi connectivity index (χ3v) is 6.45. The summed E-state index contributed by atoms with van der Waals surface area (Å²) in [5.41, 5.74) is 1.01. The Morgan fingerprint density at radius 3 is 2.26 bits per heavy atom. The van der Waals surface area contributed by atoms with Gasteiger partial charge in [0.05, 0.1) is 11.8 Å². The molecule has 144 valence electrons. The normalized spacial score (nSPS) is 27.6. The smallest absolute Gasteiger partial charge is 0.245 e. The molecule has 0 bridgehead atoms. The molecule has 1 saturated carbocycles. The number of carbonyl (C=O) groups excluding carboxylic acids is 3. The van der Waals surface area contributed by atoms with Gasteiger partial charge in [0.1, 0.15) is 12.4 Å². The lowest BCUT2D eigenvalue weighted by Gasteiger charge is -2.35. The van der Waals surface area contributed by atoms with E-state index in [1.807, 2.05) is 6.07 Å². The Labute approximate surface area is 159 Å². The van der Waals surface area contributed by atoms with Crippen LogP contribution in [0.1, 0.15) is 57.1 Å². The summed E-state index contributed by atoms with van der Waals surface area (Å²) in [5.74, 6) is -0.473. The summed E-state index contributed by atoms with van der Waals surface area (Å²) in [6.45, 7) is 2.95. The molecule has 7 heteroatoms. The second-order valence-electron chi connectivity index (χ2n) is 7.95. The summed E-state index contributed by atoms with van der Waals surface area (Å²) in [5, 5.41) is 0.